The summed E-state index contributed by atoms with van der Waals surface area (Å²) >= 11 is 0. The molecule has 0 bridgehead atoms. The Morgan fingerprint density at radius 3 is 1.65 bits per heavy atom. The maximum Gasteiger partial charge on any atom is 0.472 e. The van der Waals surface area contributed by atoms with E-state index in [0.29, 0.717) is 6.42 Å². The Balaban J connectivity index is 4.27. The number of carbonyl (C=O) groups excluding carboxylic acids is 1. The zero-order valence-corrected chi connectivity index (χ0v) is 28.8. The van der Waals surface area contributed by atoms with Gasteiger partial charge in [-0.1, -0.05) is 154 Å². The van der Waals surface area contributed by atoms with E-state index in [9.17, 15) is 19.4 Å². The fourth-order valence-corrected chi connectivity index (χ4v) is 5.89. The molecule has 0 fully saturated rings. The van der Waals surface area contributed by atoms with Crippen LogP contribution < -0.4 is 11.1 Å². The smallest absolute Gasteiger partial charge is 0.387 e. The summed E-state index contributed by atoms with van der Waals surface area (Å²) in [6.07, 6.45) is 31.1. The lowest BCUT2D eigenvalue weighted by molar-refractivity contribution is -0.123. The zero-order chi connectivity index (χ0) is 31.9. The number of rotatable bonds is 33. The Kier molecular flexibility index (Phi) is 30.7. The highest BCUT2D eigenvalue weighted by Gasteiger charge is 2.26. The summed E-state index contributed by atoms with van der Waals surface area (Å²) < 4.78 is 21.9. The first-order valence-electron chi connectivity index (χ1n) is 17.8. The van der Waals surface area contributed by atoms with Gasteiger partial charge in [0.25, 0.3) is 0 Å². The first kappa shape index (κ1) is 42.2. The topological polar surface area (TPSA) is 131 Å². The van der Waals surface area contributed by atoms with Gasteiger partial charge in [0.2, 0.25) is 5.91 Å². The summed E-state index contributed by atoms with van der Waals surface area (Å²) in [5.74, 6) is -0.196. The SMILES string of the molecule is CCCCCCCCC/C=C/C(O)C(COP(=O)(O)OCCN)NC(=O)CCCCCCCCCCCCCCCCC. The molecule has 0 saturated heterocycles. The molecule has 0 rings (SSSR count). The summed E-state index contributed by atoms with van der Waals surface area (Å²) in [5.41, 5.74) is 5.34. The fourth-order valence-electron chi connectivity index (χ4n) is 5.13. The van der Waals surface area contributed by atoms with E-state index < -0.39 is 20.0 Å². The minimum absolute atomic E-state index is 0.0807. The molecule has 0 aliphatic rings. The monoisotopic (exact) mass is 632 g/mol. The van der Waals surface area contributed by atoms with Crippen LogP contribution in [0.5, 0.6) is 0 Å². The molecule has 0 aromatic rings. The van der Waals surface area contributed by atoms with Crippen molar-refractivity contribution in [1.82, 2.24) is 5.32 Å². The molecule has 0 heterocycles. The van der Waals surface area contributed by atoms with Crippen LogP contribution in [0, 0.1) is 0 Å². The van der Waals surface area contributed by atoms with Gasteiger partial charge in [-0.3, -0.25) is 13.8 Å². The van der Waals surface area contributed by atoms with Crippen molar-refractivity contribution in [3.8, 4) is 0 Å². The van der Waals surface area contributed by atoms with Crippen molar-refractivity contribution in [2.45, 2.75) is 180 Å². The van der Waals surface area contributed by atoms with Gasteiger partial charge in [-0.2, -0.15) is 0 Å². The summed E-state index contributed by atoms with van der Waals surface area (Å²) in [4.78, 5) is 22.5. The van der Waals surface area contributed by atoms with Crippen molar-refractivity contribution in [3.63, 3.8) is 0 Å². The van der Waals surface area contributed by atoms with E-state index in [1.807, 2.05) is 6.08 Å². The summed E-state index contributed by atoms with van der Waals surface area (Å²) in [7, 11) is -4.32. The number of carbonyl (C=O) groups is 1. The summed E-state index contributed by atoms with van der Waals surface area (Å²) in [5, 5.41) is 13.5. The van der Waals surface area contributed by atoms with Crippen LogP contribution in [0.2, 0.25) is 0 Å². The predicted octanol–water partition coefficient (Wildman–Crippen LogP) is 8.88. The molecule has 0 aliphatic carbocycles. The van der Waals surface area contributed by atoms with E-state index in [-0.39, 0.29) is 25.7 Å². The number of allylic oxidation sites excluding steroid dienone is 1. The number of nitrogens with one attached hydrogen (secondary N) is 1. The molecule has 3 unspecified atom stereocenters. The Morgan fingerprint density at radius 1 is 0.744 bits per heavy atom. The van der Waals surface area contributed by atoms with Gasteiger partial charge in [0, 0.05) is 13.0 Å². The van der Waals surface area contributed by atoms with Crippen LogP contribution in [0.4, 0.5) is 0 Å². The zero-order valence-electron chi connectivity index (χ0n) is 28.0. The third-order valence-electron chi connectivity index (χ3n) is 7.86. The van der Waals surface area contributed by atoms with Gasteiger partial charge in [0.15, 0.2) is 0 Å². The summed E-state index contributed by atoms with van der Waals surface area (Å²) in [6.45, 7) is 4.09. The maximum absolute atomic E-state index is 12.6. The molecule has 8 nitrogen and oxygen atoms in total. The van der Waals surface area contributed by atoms with Gasteiger partial charge in [-0.05, 0) is 19.3 Å². The van der Waals surface area contributed by atoms with Crippen molar-refractivity contribution in [3.05, 3.63) is 12.2 Å². The standard InChI is InChI=1S/C34H69N2O6P/c1-3-5-7-9-11-13-14-15-16-17-18-20-22-24-26-28-34(38)36-32(31-42-43(39,40)41-30-29-35)33(37)27-25-23-21-19-12-10-8-6-4-2/h25,27,32-33,37H,3-24,26,28-31,35H2,1-2H3,(H,36,38)(H,39,40)/b27-25+. The van der Waals surface area contributed by atoms with Crippen molar-refractivity contribution in [1.29, 1.82) is 0 Å². The normalized spacial score (nSPS) is 14.6. The number of nitrogens with two attached hydrogens (primary N) is 1. The molecule has 0 saturated carbocycles. The highest BCUT2D eigenvalue weighted by atomic mass is 31.2. The molecule has 0 radical (unpaired) electrons. The van der Waals surface area contributed by atoms with Gasteiger partial charge < -0.3 is 21.1 Å². The second-order valence-corrected chi connectivity index (χ2v) is 13.5. The first-order valence-corrected chi connectivity index (χ1v) is 19.3. The number of amides is 1. The lowest BCUT2D eigenvalue weighted by atomic mass is 10.0. The highest BCUT2D eigenvalue weighted by molar-refractivity contribution is 7.47. The second kappa shape index (κ2) is 31.2. The maximum atomic E-state index is 12.6. The third-order valence-corrected chi connectivity index (χ3v) is 8.85. The molecule has 9 heteroatoms. The van der Waals surface area contributed by atoms with Gasteiger partial charge in [-0.25, -0.2) is 4.57 Å². The Bertz CT molecular complexity index is 694. The molecule has 43 heavy (non-hydrogen) atoms. The number of aliphatic hydroxyl groups is 1. The van der Waals surface area contributed by atoms with E-state index in [2.05, 4.69) is 19.2 Å². The van der Waals surface area contributed by atoms with Crippen LogP contribution in [-0.2, 0) is 18.4 Å². The molecule has 3 atom stereocenters. The average molecular weight is 633 g/mol. The fraction of sp³-hybridized carbons (Fsp3) is 0.912. The lowest BCUT2D eigenvalue weighted by Crippen LogP contribution is -2.45. The van der Waals surface area contributed by atoms with Crippen LogP contribution in [0.15, 0.2) is 12.2 Å². The van der Waals surface area contributed by atoms with Crippen molar-refractivity contribution >= 4 is 13.7 Å². The number of hydrogen-bond donors (Lipinski definition) is 4. The van der Waals surface area contributed by atoms with Crippen LogP contribution in [0.25, 0.3) is 0 Å². The second-order valence-electron chi connectivity index (χ2n) is 12.1. The average Bonchev–Trinajstić information content (AvgIpc) is 2.99. The molecular weight excluding hydrogens is 563 g/mol. The predicted molar refractivity (Wildman–Crippen MR) is 180 cm³/mol. The number of aliphatic hydroxyl groups excluding tert-OH is 1. The first-order chi connectivity index (χ1) is 20.9. The van der Waals surface area contributed by atoms with E-state index in [1.54, 1.807) is 6.08 Å². The molecule has 0 aliphatic heterocycles. The third kappa shape index (κ3) is 29.7. The minimum Gasteiger partial charge on any atom is -0.387 e. The van der Waals surface area contributed by atoms with Gasteiger partial charge in [-0.15, -0.1) is 0 Å². The van der Waals surface area contributed by atoms with Crippen molar-refractivity contribution < 1.29 is 28.4 Å². The molecule has 256 valence electrons. The molecule has 0 spiro atoms. The van der Waals surface area contributed by atoms with Crippen LogP contribution in [-0.4, -0.2) is 47.8 Å². The van der Waals surface area contributed by atoms with Gasteiger partial charge in [0.1, 0.15) is 0 Å². The minimum atomic E-state index is -4.32. The van der Waals surface area contributed by atoms with Gasteiger partial charge in [0.05, 0.1) is 25.4 Å². The van der Waals surface area contributed by atoms with Crippen LogP contribution in [0.1, 0.15) is 168 Å². The van der Waals surface area contributed by atoms with Crippen LogP contribution in [0.3, 0.4) is 0 Å². The molecular formula is C34H69N2O6P. The van der Waals surface area contributed by atoms with E-state index in [1.165, 1.54) is 109 Å². The number of unbranched alkanes of at least 4 members (excludes halogenated alkanes) is 21. The molecule has 5 N–H and O–H groups in total. The van der Waals surface area contributed by atoms with E-state index >= 15 is 0 Å². The largest absolute Gasteiger partial charge is 0.472 e. The van der Waals surface area contributed by atoms with E-state index in [4.69, 9.17) is 14.8 Å². The molecule has 1 amide bonds. The van der Waals surface area contributed by atoms with E-state index in [0.717, 1.165) is 38.5 Å². The Hall–Kier alpha value is -0.760. The van der Waals surface area contributed by atoms with Crippen molar-refractivity contribution in [2.24, 2.45) is 5.73 Å². The number of phosphoric ester groups is 1. The quantitative estimate of drug-likeness (QED) is 0.0323. The summed E-state index contributed by atoms with van der Waals surface area (Å²) in [6, 6.07) is -0.851. The number of hydrogen-bond acceptors (Lipinski definition) is 6. The Labute approximate surface area is 265 Å². The number of phosphoric acid groups is 1. The molecule has 0 aromatic heterocycles. The molecule has 0 aromatic carbocycles. The van der Waals surface area contributed by atoms with Crippen LogP contribution >= 0.6 is 7.82 Å². The Morgan fingerprint density at radius 2 is 1.19 bits per heavy atom. The highest BCUT2D eigenvalue weighted by Crippen LogP contribution is 2.43. The van der Waals surface area contributed by atoms with Crippen molar-refractivity contribution in [2.75, 3.05) is 19.8 Å². The van der Waals surface area contributed by atoms with Gasteiger partial charge >= 0.3 is 7.82 Å². The lowest BCUT2D eigenvalue weighted by Gasteiger charge is -2.23.